The number of hydrogen-bond acceptors (Lipinski definition) is 5. The fourth-order valence-electron chi connectivity index (χ4n) is 1.92. The first-order chi connectivity index (χ1) is 8.80. The Kier molecular flexibility index (Phi) is 4.74. The summed E-state index contributed by atoms with van der Waals surface area (Å²) in [5.74, 6) is 1.57. The molecule has 100 valence electrons. The maximum Gasteiger partial charge on any atom is 0.184 e. The molecular formula is C13H18O4S. The van der Waals surface area contributed by atoms with Crippen LogP contribution < -0.4 is 9.47 Å². The van der Waals surface area contributed by atoms with Crippen LogP contribution >= 0.6 is 11.8 Å². The van der Waals surface area contributed by atoms with Gasteiger partial charge in [0.2, 0.25) is 0 Å². The molecule has 0 aliphatic carbocycles. The highest BCUT2D eigenvalue weighted by molar-refractivity contribution is 7.98. The zero-order valence-corrected chi connectivity index (χ0v) is 11.7. The highest BCUT2D eigenvalue weighted by Gasteiger charge is 2.21. The van der Waals surface area contributed by atoms with Crippen molar-refractivity contribution in [1.29, 1.82) is 0 Å². The molecular weight excluding hydrogens is 252 g/mol. The number of ether oxygens (including phenoxy) is 4. The van der Waals surface area contributed by atoms with E-state index in [2.05, 4.69) is 0 Å². The van der Waals surface area contributed by atoms with Gasteiger partial charge in [-0.25, -0.2) is 0 Å². The van der Waals surface area contributed by atoms with Crippen molar-refractivity contribution in [1.82, 2.24) is 0 Å². The van der Waals surface area contributed by atoms with E-state index in [4.69, 9.17) is 18.9 Å². The third-order valence-electron chi connectivity index (χ3n) is 2.79. The van der Waals surface area contributed by atoms with E-state index in [1.165, 1.54) is 0 Å². The molecule has 1 aromatic carbocycles. The summed E-state index contributed by atoms with van der Waals surface area (Å²) < 4.78 is 22.0. The van der Waals surface area contributed by atoms with E-state index in [0.29, 0.717) is 0 Å². The molecule has 0 N–H and O–H groups in total. The van der Waals surface area contributed by atoms with Gasteiger partial charge in [-0.2, -0.15) is 0 Å². The fourth-order valence-corrected chi connectivity index (χ4v) is 2.60. The van der Waals surface area contributed by atoms with Crippen LogP contribution in [0.4, 0.5) is 0 Å². The Hall–Kier alpha value is -0.910. The summed E-state index contributed by atoms with van der Waals surface area (Å²) in [6.07, 6.45) is 2.61. The molecule has 2 rings (SSSR count). The summed E-state index contributed by atoms with van der Waals surface area (Å²) in [6.45, 7) is 1.44. The Morgan fingerprint density at radius 3 is 2.11 bits per heavy atom. The maximum atomic E-state index is 5.60. The van der Waals surface area contributed by atoms with Crippen LogP contribution in [-0.4, -0.2) is 33.7 Å². The van der Waals surface area contributed by atoms with Crippen molar-refractivity contribution in [3.63, 3.8) is 0 Å². The number of benzene rings is 1. The van der Waals surface area contributed by atoms with Gasteiger partial charge in [0, 0.05) is 5.56 Å². The van der Waals surface area contributed by atoms with Gasteiger partial charge in [0.05, 0.1) is 32.3 Å². The van der Waals surface area contributed by atoms with E-state index in [9.17, 15) is 0 Å². The first kappa shape index (κ1) is 13.5. The Morgan fingerprint density at radius 1 is 1.11 bits per heavy atom. The highest BCUT2D eigenvalue weighted by atomic mass is 32.2. The largest absolute Gasteiger partial charge is 0.495 e. The number of thioether (sulfide) groups is 1. The topological polar surface area (TPSA) is 36.9 Å². The predicted molar refractivity (Wildman–Crippen MR) is 70.6 cm³/mol. The average Bonchev–Trinajstić information content (AvgIpc) is 2.46. The summed E-state index contributed by atoms with van der Waals surface area (Å²) in [6, 6.07) is 3.90. The van der Waals surface area contributed by atoms with Crippen molar-refractivity contribution >= 4 is 11.8 Å². The van der Waals surface area contributed by atoms with Crippen LogP contribution in [0, 0.1) is 0 Å². The standard InChI is InChI=1S/C13H18O4S/c1-14-10-7-9(13-16-5-4-6-17-13)8-11(15-2)12(10)18-3/h7-8,13H,4-6H2,1-3H3. The van der Waals surface area contributed by atoms with Crippen LogP contribution in [0.15, 0.2) is 17.0 Å². The predicted octanol–water partition coefficient (Wildman–Crippen LogP) is 2.86. The van der Waals surface area contributed by atoms with Gasteiger partial charge in [-0.1, -0.05) is 0 Å². The molecule has 1 aliphatic heterocycles. The first-order valence-electron chi connectivity index (χ1n) is 5.83. The highest BCUT2D eigenvalue weighted by Crippen LogP contribution is 2.40. The number of methoxy groups -OCH3 is 2. The van der Waals surface area contributed by atoms with E-state index in [0.717, 1.165) is 41.6 Å². The van der Waals surface area contributed by atoms with E-state index in [1.54, 1.807) is 26.0 Å². The maximum absolute atomic E-state index is 5.60. The average molecular weight is 270 g/mol. The van der Waals surface area contributed by atoms with Gasteiger partial charge in [-0.3, -0.25) is 0 Å². The molecule has 0 spiro atoms. The fraction of sp³-hybridized carbons (Fsp3) is 0.538. The van der Waals surface area contributed by atoms with Crippen molar-refractivity contribution < 1.29 is 18.9 Å². The Labute approximate surface area is 112 Å². The molecule has 0 unspecified atom stereocenters. The molecule has 1 aliphatic rings. The van der Waals surface area contributed by atoms with Crippen molar-refractivity contribution in [2.45, 2.75) is 17.6 Å². The van der Waals surface area contributed by atoms with Crippen LogP contribution in [-0.2, 0) is 9.47 Å². The van der Waals surface area contributed by atoms with Gasteiger partial charge < -0.3 is 18.9 Å². The second kappa shape index (κ2) is 6.31. The molecule has 4 nitrogen and oxygen atoms in total. The van der Waals surface area contributed by atoms with E-state index in [-0.39, 0.29) is 6.29 Å². The van der Waals surface area contributed by atoms with Gasteiger partial charge in [0.25, 0.3) is 0 Å². The van der Waals surface area contributed by atoms with Crippen LogP contribution in [0.3, 0.4) is 0 Å². The minimum Gasteiger partial charge on any atom is -0.495 e. The lowest BCUT2D eigenvalue weighted by Crippen LogP contribution is -2.17. The second-order valence-electron chi connectivity index (χ2n) is 3.89. The van der Waals surface area contributed by atoms with Crippen molar-refractivity contribution in [3.05, 3.63) is 17.7 Å². The molecule has 1 aromatic rings. The zero-order chi connectivity index (χ0) is 13.0. The van der Waals surface area contributed by atoms with Crippen molar-refractivity contribution in [2.75, 3.05) is 33.7 Å². The zero-order valence-electron chi connectivity index (χ0n) is 10.9. The monoisotopic (exact) mass is 270 g/mol. The number of rotatable bonds is 4. The Bertz CT molecular complexity index is 377. The minimum absolute atomic E-state index is 0.322. The Morgan fingerprint density at radius 2 is 1.67 bits per heavy atom. The van der Waals surface area contributed by atoms with E-state index in [1.807, 2.05) is 18.4 Å². The summed E-state index contributed by atoms with van der Waals surface area (Å²) in [7, 11) is 3.31. The molecule has 0 radical (unpaired) electrons. The van der Waals surface area contributed by atoms with Crippen molar-refractivity contribution in [2.24, 2.45) is 0 Å². The normalized spacial score (nSPS) is 16.6. The third-order valence-corrected chi connectivity index (χ3v) is 3.60. The minimum atomic E-state index is -0.322. The van der Waals surface area contributed by atoms with Crippen LogP contribution in [0.2, 0.25) is 0 Å². The van der Waals surface area contributed by atoms with Gasteiger partial charge in [0.15, 0.2) is 6.29 Å². The van der Waals surface area contributed by atoms with E-state index >= 15 is 0 Å². The molecule has 0 saturated carbocycles. The summed E-state index contributed by atoms with van der Waals surface area (Å²) in [5.41, 5.74) is 0.932. The lowest BCUT2D eigenvalue weighted by Gasteiger charge is -2.24. The SMILES string of the molecule is COc1cc(C2OCCCO2)cc(OC)c1SC. The van der Waals surface area contributed by atoms with Crippen LogP contribution in [0.5, 0.6) is 11.5 Å². The van der Waals surface area contributed by atoms with Gasteiger partial charge in [-0.15, -0.1) is 11.8 Å². The third kappa shape index (κ3) is 2.74. The molecule has 5 heteroatoms. The smallest absolute Gasteiger partial charge is 0.184 e. The molecule has 0 atom stereocenters. The summed E-state index contributed by atoms with van der Waals surface area (Å²) in [4.78, 5) is 0.986. The lowest BCUT2D eigenvalue weighted by molar-refractivity contribution is -0.183. The molecule has 1 heterocycles. The lowest BCUT2D eigenvalue weighted by atomic mass is 10.2. The first-order valence-corrected chi connectivity index (χ1v) is 7.05. The van der Waals surface area contributed by atoms with Crippen molar-refractivity contribution in [3.8, 4) is 11.5 Å². The summed E-state index contributed by atoms with van der Waals surface area (Å²) >= 11 is 1.59. The van der Waals surface area contributed by atoms with Crippen LogP contribution in [0.1, 0.15) is 18.3 Å². The molecule has 0 bridgehead atoms. The second-order valence-corrected chi connectivity index (χ2v) is 4.70. The van der Waals surface area contributed by atoms with Gasteiger partial charge >= 0.3 is 0 Å². The summed E-state index contributed by atoms with van der Waals surface area (Å²) in [5, 5.41) is 0. The Balaban J connectivity index is 2.35. The quantitative estimate of drug-likeness (QED) is 0.786. The molecule has 0 aromatic heterocycles. The van der Waals surface area contributed by atoms with Crippen LogP contribution in [0.25, 0.3) is 0 Å². The molecule has 0 amide bonds. The number of hydrogen-bond donors (Lipinski definition) is 0. The molecule has 1 saturated heterocycles. The molecule has 1 fully saturated rings. The van der Waals surface area contributed by atoms with Gasteiger partial charge in [-0.05, 0) is 24.8 Å². The van der Waals surface area contributed by atoms with E-state index < -0.39 is 0 Å². The molecule has 18 heavy (non-hydrogen) atoms. The van der Waals surface area contributed by atoms with Gasteiger partial charge in [0.1, 0.15) is 11.5 Å².